The molecule has 0 spiro atoms. The van der Waals surface area contributed by atoms with Crippen molar-refractivity contribution < 1.29 is 4.79 Å². The second-order valence-corrected chi connectivity index (χ2v) is 5.17. The van der Waals surface area contributed by atoms with Crippen LogP contribution in [0.2, 0.25) is 0 Å². The van der Waals surface area contributed by atoms with E-state index in [1.807, 2.05) is 24.3 Å². The van der Waals surface area contributed by atoms with E-state index in [2.05, 4.69) is 17.3 Å². The lowest BCUT2D eigenvalue weighted by Gasteiger charge is -2.10. The van der Waals surface area contributed by atoms with Crippen molar-refractivity contribution in [2.45, 2.75) is 6.42 Å². The number of carbonyl (C=O) groups is 1. The van der Waals surface area contributed by atoms with Crippen molar-refractivity contribution in [2.75, 3.05) is 32.4 Å². The van der Waals surface area contributed by atoms with Crippen molar-refractivity contribution >= 4 is 17.7 Å². The number of hydrogen-bond acceptors (Lipinski definition) is 3. The first-order valence-electron chi connectivity index (χ1n) is 6.63. The van der Waals surface area contributed by atoms with Crippen molar-refractivity contribution in [1.82, 2.24) is 10.2 Å². The molecule has 4 heteroatoms. The zero-order valence-electron chi connectivity index (χ0n) is 11.3. The van der Waals surface area contributed by atoms with Crippen LogP contribution in [0.15, 0.2) is 30.3 Å². The summed E-state index contributed by atoms with van der Waals surface area (Å²) in [5.41, 5.74) is 7.33. The van der Waals surface area contributed by atoms with Gasteiger partial charge in [-0.05, 0) is 49.7 Å². The highest BCUT2D eigenvalue weighted by atomic mass is 16.1. The topological polar surface area (TPSA) is 58.4 Å². The second kappa shape index (κ2) is 6.38. The largest absolute Gasteiger partial charge is 0.399 e. The summed E-state index contributed by atoms with van der Waals surface area (Å²) in [5.74, 6) is 0.534. The summed E-state index contributed by atoms with van der Waals surface area (Å²) < 4.78 is 0. The predicted molar refractivity (Wildman–Crippen MR) is 78.5 cm³/mol. The number of nitrogens with zero attached hydrogens (tertiary/aromatic N) is 1. The van der Waals surface area contributed by atoms with Gasteiger partial charge in [0, 0.05) is 24.9 Å². The maximum absolute atomic E-state index is 11.7. The Balaban J connectivity index is 1.78. The highest BCUT2D eigenvalue weighted by Crippen LogP contribution is 2.12. The molecule has 1 aromatic rings. The lowest BCUT2D eigenvalue weighted by molar-refractivity contribution is -0.116. The molecule has 4 nitrogen and oxygen atoms in total. The zero-order valence-corrected chi connectivity index (χ0v) is 11.3. The number of likely N-dealkylation sites (tertiary alicyclic amines) is 1. The van der Waals surface area contributed by atoms with E-state index >= 15 is 0 Å². The third-order valence-electron chi connectivity index (χ3n) is 3.39. The molecule has 1 unspecified atom stereocenters. The van der Waals surface area contributed by atoms with Gasteiger partial charge in [-0.15, -0.1) is 0 Å². The molecule has 1 aliphatic rings. The molecule has 0 saturated carbocycles. The molecule has 3 N–H and O–H groups in total. The molecule has 1 fully saturated rings. The van der Waals surface area contributed by atoms with Gasteiger partial charge in [-0.3, -0.25) is 4.79 Å². The van der Waals surface area contributed by atoms with E-state index < -0.39 is 0 Å². The molecule has 1 aliphatic heterocycles. The van der Waals surface area contributed by atoms with Crippen LogP contribution >= 0.6 is 0 Å². The summed E-state index contributed by atoms with van der Waals surface area (Å²) in [6, 6.07) is 7.47. The van der Waals surface area contributed by atoms with E-state index in [0.29, 0.717) is 11.6 Å². The Labute approximate surface area is 114 Å². The molecule has 1 amide bonds. The Hall–Kier alpha value is -1.81. The quantitative estimate of drug-likeness (QED) is 0.634. The molecule has 1 saturated heterocycles. The number of anilines is 1. The number of carbonyl (C=O) groups excluding carboxylic acids is 1. The van der Waals surface area contributed by atoms with E-state index in [1.165, 1.54) is 0 Å². The van der Waals surface area contributed by atoms with Gasteiger partial charge in [0.2, 0.25) is 5.91 Å². The van der Waals surface area contributed by atoms with Gasteiger partial charge in [0.25, 0.3) is 0 Å². The standard InChI is InChI=1S/C15H21N3O/c1-18-8-7-13(11-18)10-17-15(19)6-5-12-3-2-4-14(16)9-12/h2-6,9,13H,7-8,10-11,16H2,1H3,(H,17,19)/b6-5+. The van der Waals surface area contributed by atoms with Crippen LogP contribution in [-0.2, 0) is 4.79 Å². The third-order valence-corrected chi connectivity index (χ3v) is 3.39. The summed E-state index contributed by atoms with van der Waals surface area (Å²) in [7, 11) is 2.11. The smallest absolute Gasteiger partial charge is 0.244 e. The van der Waals surface area contributed by atoms with Crippen LogP contribution in [0.3, 0.4) is 0 Å². The molecule has 0 aliphatic carbocycles. The van der Waals surface area contributed by atoms with Gasteiger partial charge in [0.05, 0.1) is 0 Å². The first kappa shape index (κ1) is 13.6. The molecule has 1 aromatic carbocycles. The van der Waals surface area contributed by atoms with Crippen molar-refractivity contribution in [3.05, 3.63) is 35.9 Å². The molecular formula is C15H21N3O. The van der Waals surface area contributed by atoms with Gasteiger partial charge < -0.3 is 16.0 Å². The van der Waals surface area contributed by atoms with Crippen molar-refractivity contribution in [1.29, 1.82) is 0 Å². The Kier molecular flexibility index (Phi) is 4.58. The molecule has 19 heavy (non-hydrogen) atoms. The number of nitrogens with two attached hydrogens (primary N) is 1. The SMILES string of the molecule is CN1CCC(CNC(=O)/C=C/c2cccc(N)c2)C1. The van der Waals surface area contributed by atoms with Crippen LogP contribution in [-0.4, -0.2) is 37.5 Å². The van der Waals surface area contributed by atoms with Crippen LogP contribution in [0.5, 0.6) is 0 Å². The lowest BCUT2D eigenvalue weighted by Crippen LogP contribution is -2.29. The summed E-state index contributed by atoms with van der Waals surface area (Å²) in [4.78, 5) is 14.0. The van der Waals surface area contributed by atoms with Gasteiger partial charge in [0.1, 0.15) is 0 Å². The maximum Gasteiger partial charge on any atom is 0.244 e. The van der Waals surface area contributed by atoms with Crippen LogP contribution in [0.1, 0.15) is 12.0 Å². The van der Waals surface area contributed by atoms with Crippen LogP contribution in [0, 0.1) is 5.92 Å². The highest BCUT2D eigenvalue weighted by Gasteiger charge is 2.19. The molecule has 0 bridgehead atoms. The van der Waals surface area contributed by atoms with Crippen LogP contribution in [0.4, 0.5) is 5.69 Å². The summed E-state index contributed by atoms with van der Waals surface area (Å²) in [6.07, 6.45) is 4.51. The summed E-state index contributed by atoms with van der Waals surface area (Å²) in [5, 5.41) is 2.95. The summed E-state index contributed by atoms with van der Waals surface area (Å²) in [6.45, 7) is 2.95. The highest BCUT2D eigenvalue weighted by molar-refractivity contribution is 5.91. The fourth-order valence-electron chi connectivity index (χ4n) is 2.33. The molecule has 0 radical (unpaired) electrons. The predicted octanol–water partition coefficient (Wildman–Crippen LogP) is 1.35. The lowest BCUT2D eigenvalue weighted by atomic mass is 10.1. The Morgan fingerprint density at radius 2 is 2.42 bits per heavy atom. The third kappa shape index (κ3) is 4.41. The normalized spacial score (nSPS) is 19.9. The van der Waals surface area contributed by atoms with E-state index in [0.717, 1.165) is 31.6 Å². The first-order chi connectivity index (χ1) is 9.13. The van der Waals surface area contributed by atoms with E-state index in [4.69, 9.17) is 5.73 Å². The maximum atomic E-state index is 11.7. The zero-order chi connectivity index (χ0) is 13.7. The van der Waals surface area contributed by atoms with Gasteiger partial charge in [0.15, 0.2) is 0 Å². The second-order valence-electron chi connectivity index (χ2n) is 5.17. The Morgan fingerprint density at radius 1 is 1.58 bits per heavy atom. The molecule has 0 aromatic heterocycles. The van der Waals surface area contributed by atoms with E-state index in [9.17, 15) is 4.79 Å². The first-order valence-corrected chi connectivity index (χ1v) is 6.63. The number of amides is 1. The van der Waals surface area contributed by atoms with Crippen molar-refractivity contribution in [2.24, 2.45) is 5.92 Å². The van der Waals surface area contributed by atoms with Crippen molar-refractivity contribution in [3.8, 4) is 0 Å². The van der Waals surface area contributed by atoms with Crippen molar-refractivity contribution in [3.63, 3.8) is 0 Å². The Bertz CT molecular complexity index is 470. The van der Waals surface area contributed by atoms with Gasteiger partial charge in [-0.25, -0.2) is 0 Å². The number of hydrogen-bond donors (Lipinski definition) is 2. The fourth-order valence-corrected chi connectivity index (χ4v) is 2.33. The van der Waals surface area contributed by atoms with Crippen LogP contribution in [0.25, 0.3) is 6.08 Å². The monoisotopic (exact) mass is 259 g/mol. The minimum Gasteiger partial charge on any atom is -0.399 e. The van der Waals surface area contributed by atoms with E-state index in [1.54, 1.807) is 12.2 Å². The molecule has 2 rings (SSSR count). The molecule has 102 valence electrons. The summed E-state index contributed by atoms with van der Waals surface area (Å²) >= 11 is 0. The fraction of sp³-hybridized carbons (Fsp3) is 0.400. The van der Waals surface area contributed by atoms with Gasteiger partial charge in [-0.2, -0.15) is 0 Å². The molecular weight excluding hydrogens is 238 g/mol. The average Bonchev–Trinajstić information content (AvgIpc) is 2.80. The molecule has 1 heterocycles. The van der Waals surface area contributed by atoms with Gasteiger partial charge >= 0.3 is 0 Å². The van der Waals surface area contributed by atoms with E-state index in [-0.39, 0.29) is 5.91 Å². The number of benzene rings is 1. The number of rotatable bonds is 4. The molecule has 1 atom stereocenters. The average molecular weight is 259 g/mol. The minimum atomic E-state index is -0.0445. The number of nitrogen functional groups attached to an aromatic ring is 1. The minimum absolute atomic E-state index is 0.0445. The number of nitrogens with one attached hydrogen (secondary N) is 1. The van der Waals surface area contributed by atoms with Gasteiger partial charge in [-0.1, -0.05) is 12.1 Å². The van der Waals surface area contributed by atoms with Crippen LogP contribution < -0.4 is 11.1 Å². The Morgan fingerprint density at radius 3 is 3.11 bits per heavy atom.